The zero-order chi connectivity index (χ0) is 15.3. The molecule has 116 valence electrons. The van der Waals surface area contributed by atoms with Gasteiger partial charge in [0.05, 0.1) is 5.41 Å². The van der Waals surface area contributed by atoms with Crippen LogP contribution in [-0.2, 0) is 20.7 Å². The highest BCUT2D eigenvalue weighted by Crippen LogP contribution is 2.30. The van der Waals surface area contributed by atoms with Gasteiger partial charge in [-0.3, -0.25) is 9.59 Å². The number of carboxylic acid groups (broad SMARTS) is 1. The third kappa shape index (κ3) is 4.01. The normalized spacial score (nSPS) is 17.4. The summed E-state index contributed by atoms with van der Waals surface area (Å²) in [5.74, 6) is -0.185. The van der Waals surface area contributed by atoms with Crippen LogP contribution in [0.4, 0.5) is 0 Å². The molecule has 1 aliphatic heterocycles. The number of nitrogens with one attached hydrogen (secondary N) is 1. The average Bonchev–Trinajstić information content (AvgIpc) is 2.89. The molecular formula is C13H19N3O5. The number of aryl methyl sites for hydroxylation is 2. The molecule has 21 heavy (non-hydrogen) atoms. The summed E-state index contributed by atoms with van der Waals surface area (Å²) in [4.78, 5) is 27.2. The lowest BCUT2D eigenvalue weighted by Gasteiger charge is -2.33. The van der Waals surface area contributed by atoms with Gasteiger partial charge >= 0.3 is 5.97 Å². The van der Waals surface area contributed by atoms with Crippen LogP contribution in [0.3, 0.4) is 0 Å². The lowest BCUT2D eigenvalue weighted by Crippen LogP contribution is -2.46. The summed E-state index contributed by atoms with van der Waals surface area (Å²) in [6.07, 6.45) is 1.35. The van der Waals surface area contributed by atoms with E-state index in [-0.39, 0.29) is 18.9 Å². The second-order valence-electron chi connectivity index (χ2n) is 5.21. The predicted molar refractivity (Wildman–Crippen MR) is 70.5 cm³/mol. The first-order valence-electron chi connectivity index (χ1n) is 6.89. The van der Waals surface area contributed by atoms with Crippen molar-refractivity contribution in [2.75, 3.05) is 19.8 Å². The molecule has 0 unspecified atom stereocenters. The van der Waals surface area contributed by atoms with Crippen LogP contribution in [0.2, 0.25) is 0 Å². The number of rotatable bonds is 6. The van der Waals surface area contributed by atoms with E-state index in [1.165, 1.54) is 0 Å². The first-order valence-corrected chi connectivity index (χ1v) is 6.89. The maximum atomic E-state index is 11.8. The maximum Gasteiger partial charge on any atom is 0.311 e. The van der Waals surface area contributed by atoms with E-state index in [4.69, 9.17) is 9.26 Å². The molecule has 1 saturated heterocycles. The summed E-state index contributed by atoms with van der Waals surface area (Å²) in [5, 5.41) is 15.7. The molecule has 0 spiro atoms. The molecule has 8 nitrogen and oxygen atoms in total. The molecule has 1 aromatic rings. The van der Waals surface area contributed by atoms with Crippen molar-refractivity contribution in [3.63, 3.8) is 0 Å². The van der Waals surface area contributed by atoms with Gasteiger partial charge in [0.1, 0.15) is 0 Å². The van der Waals surface area contributed by atoms with Crippen LogP contribution in [0, 0.1) is 12.3 Å². The van der Waals surface area contributed by atoms with E-state index in [2.05, 4.69) is 15.5 Å². The molecule has 2 N–H and O–H groups in total. The van der Waals surface area contributed by atoms with E-state index in [0.29, 0.717) is 44.2 Å². The Balaban J connectivity index is 1.80. The van der Waals surface area contributed by atoms with Gasteiger partial charge in [0.15, 0.2) is 5.82 Å². The molecular weight excluding hydrogens is 278 g/mol. The zero-order valence-corrected chi connectivity index (χ0v) is 11.9. The highest BCUT2D eigenvalue weighted by Gasteiger charge is 2.40. The Bertz CT molecular complexity index is 508. The van der Waals surface area contributed by atoms with E-state index < -0.39 is 11.4 Å². The molecule has 2 rings (SSSR count). The predicted octanol–water partition coefficient (Wildman–Crippen LogP) is 0.308. The first-order chi connectivity index (χ1) is 10.0. The average molecular weight is 297 g/mol. The van der Waals surface area contributed by atoms with Crippen molar-refractivity contribution in [3.8, 4) is 0 Å². The molecule has 8 heteroatoms. The van der Waals surface area contributed by atoms with Gasteiger partial charge in [0, 0.05) is 32.6 Å². The standard InChI is InChI=1S/C13H19N3O5/c1-9-15-11(21-16-9)3-2-10(17)14-8-13(12(18)19)4-6-20-7-5-13/h2-8H2,1H3,(H,14,17)(H,18,19). The fraction of sp³-hybridized carbons (Fsp3) is 0.692. The monoisotopic (exact) mass is 297 g/mol. The molecule has 1 aliphatic rings. The number of amides is 1. The highest BCUT2D eigenvalue weighted by molar-refractivity contribution is 5.79. The number of carbonyl (C=O) groups excluding carboxylic acids is 1. The molecule has 2 heterocycles. The van der Waals surface area contributed by atoms with Crippen molar-refractivity contribution in [2.45, 2.75) is 32.6 Å². The topological polar surface area (TPSA) is 115 Å². The fourth-order valence-electron chi connectivity index (χ4n) is 2.25. The molecule has 1 amide bonds. The van der Waals surface area contributed by atoms with Gasteiger partial charge in [-0.2, -0.15) is 4.98 Å². The maximum absolute atomic E-state index is 11.8. The molecule has 0 radical (unpaired) electrons. The SMILES string of the molecule is Cc1noc(CCC(=O)NCC2(C(=O)O)CCOCC2)n1. The molecule has 0 saturated carbocycles. The van der Waals surface area contributed by atoms with Crippen molar-refractivity contribution in [1.29, 1.82) is 0 Å². The third-order valence-corrected chi connectivity index (χ3v) is 3.66. The first kappa shape index (κ1) is 15.4. The van der Waals surface area contributed by atoms with Crippen molar-refractivity contribution >= 4 is 11.9 Å². The quantitative estimate of drug-likeness (QED) is 0.776. The van der Waals surface area contributed by atoms with Crippen LogP contribution in [0.1, 0.15) is 31.0 Å². The molecule has 0 bridgehead atoms. The second-order valence-corrected chi connectivity index (χ2v) is 5.21. The second kappa shape index (κ2) is 6.66. The summed E-state index contributed by atoms with van der Waals surface area (Å²) in [6.45, 7) is 2.63. The molecule has 0 aromatic carbocycles. The summed E-state index contributed by atoms with van der Waals surface area (Å²) in [7, 11) is 0. The summed E-state index contributed by atoms with van der Waals surface area (Å²) in [5.41, 5.74) is -0.922. The van der Waals surface area contributed by atoms with Gasteiger partial charge in [-0.25, -0.2) is 0 Å². The highest BCUT2D eigenvalue weighted by atomic mass is 16.5. The van der Waals surface area contributed by atoms with E-state index in [9.17, 15) is 14.7 Å². The van der Waals surface area contributed by atoms with Crippen molar-refractivity contribution in [1.82, 2.24) is 15.5 Å². The fourth-order valence-corrected chi connectivity index (χ4v) is 2.25. The molecule has 1 fully saturated rings. The molecule has 0 aliphatic carbocycles. The van der Waals surface area contributed by atoms with E-state index in [1.54, 1.807) is 6.92 Å². The van der Waals surface area contributed by atoms with Crippen LogP contribution in [-0.4, -0.2) is 46.9 Å². The Morgan fingerprint density at radius 3 is 2.67 bits per heavy atom. The summed E-state index contributed by atoms with van der Waals surface area (Å²) >= 11 is 0. The number of aliphatic carboxylic acids is 1. The van der Waals surface area contributed by atoms with Gasteiger partial charge in [0.25, 0.3) is 0 Å². The van der Waals surface area contributed by atoms with Crippen LogP contribution >= 0.6 is 0 Å². The van der Waals surface area contributed by atoms with Crippen molar-refractivity contribution in [2.24, 2.45) is 5.41 Å². The van der Waals surface area contributed by atoms with Crippen LogP contribution < -0.4 is 5.32 Å². The zero-order valence-electron chi connectivity index (χ0n) is 11.9. The Labute approximate surface area is 121 Å². The number of carbonyl (C=O) groups is 2. The number of hydrogen-bond acceptors (Lipinski definition) is 6. The van der Waals surface area contributed by atoms with Crippen LogP contribution in [0.25, 0.3) is 0 Å². The summed E-state index contributed by atoms with van der Waals surface area (Å²) in [6, 6.07) is 0. The van der Waals surface area contributed by atoms with E-state index in [1.807, 2.05) is 0 Å². The Morgan fingerprint density at radius 2 is 2.10 bits per heavy atom. The van der Waals surface area contributed by atoms with Gasteiger partial charge in [0.2, 0.25) is 11.8 Å². The number of carboxylic acids is 1. The van der Waals surface area contributed by atoms with Crippen molar-refractivity contribution in [3.05, 3.63) is 11.7 Å². The summed E-state index contributed by atoms with van der Waals surface area (Å²) < 4.78 is 10.1. The van der Waals surface area contributed by atoms with E-state index >= 15 is 0 Å². The Kier molecular flexibility index (Phi) is 4.89. The lowest BCUT2D eigenvalue weighted by molar-refractivity contribution is -0.154. The largest absolute Gasteiger partial charge is 0.481 e. The lowest BCUT2D eigenvalue weighted by atomic mass is 9.80. The van der Waals surface area contributed by atoms with Gasteiger partial charge < -0.3 is 19.7 Å². The smallest absolute Gasteiger partial charge is 0.311 e. The van der Waals surface area contributed by atoms with Crippen molar-refractivity contribution < 1.29 is 24.0 Å². The van der Waals surface area contributed by atoms with Gasteiger partial charge in [-0.05, 0) is 19.8 Å². The Morgan fingerprint density at radius 1 is 1.38 bits per heavy atom. The van der Waals surface area contributed by atoms with Gasteiger partial charge in [-0.1, -0.05) is 5.16 Å². The van der Waals surface area contributed by atoms with Crippen LogP contribution in [0.5, 0.6) is 0 Å². The number of hydrogen-bond donors (Lipinski definition) is 2. The Hall–Kier alpha value is -1.96. The van der Waals surface area contributed by atoms with E-state index in [0.717, 1.165) is 0 Å². The molecule has 0 atom stereocenters. The molecule has 1 aromatic heterocycles. The minimum atomic E-state index is -0.922. The third-order valence-electron chi connectivity index (χ3n) is 3.66. The number of aromatic nitrogens is 2. The van der Waals surface area contributed by atoms with Gasteiger partial charge in [-0.15, -0.1) is 0 Å². The number of ether oxygens (including phenoxy) is 1. The number of nitrogens with zero attached hydrogens (tertiary/aromatic N) is 2. The van der Waals surface area contributed by atoms with Crippen LogP contribution in [0.15, 0.2) is 4.52 Å². The minimum absolute atomic E-state index is 0.118. The minimum Gasteiger partial charge on any atom is -0.481 e.